The lowest BCUT2D eigenvalue weighted by Gasteiger charge is -2.14. The Labute approximate surface area is 109 Å². The first-order valence-corrected chi connectivity index (χ1v) is 7.96. The van der Waals surface area contributed by atoms with Gasteiger partial charge in [-0.15, -0.1) is 0 Å². The maximum atomic E-state index is 11.0. The van der Waals surface area contributed by atoms with Crippen molar-refractivity contribution in [2.24, 2.45) is 0 Å². The molecule has 0 saturated heterocycles. The minimum absolute atomic E-state index is 0.0244. The lowest BCUT2D eigenvalue weighted by atomic mass is 10.1. The van der Waals surface area contributed by atoms with Crippen LogP contribution >= 0.6 is 0 Å². The quantitative estimate of drug-likeness (QED) is 0.859. The highest BCUT2D eigenvalue weighted by molar-refractivity contribution is 7.90. The van der Waals surface area contributed by atoms with Gasteiger partial charge in [0.15, 0.2) is 0 Å². The minimum Gasteiger partial charge on any atom is -0.491 e. The molecule has 102 valence electrons. The second kappa shape index (κ2) is 6.20. The highest BCUT2D eigenvalue weighted by atomic mass is 32.2. The van der Waals surface area contributed by atoms with E-state index in [0.29, 0.717) is 11.3 Å². The zero-order valence-electron chi connectivity index (χ0n) is 11.0. The average molecular weight is 272 g/mol. The number of aliphatic hydroxyl groups excluding tert-OH is 1. The Bertz CT molecular complexity index is 480. The summed E-state index contributed by atoms with van der Waals surface area (Å²) >= 11 is 0. The van der Waals surface area contributed by atoms with Crippen LogP contribution in [-0.4, -0.2) is 31.6 Å². The van der Waals surface area contributed by atoms with Crippen LogP contribution in [0, 0.1) is 0 Å². The molecule has 5 heteroatoms. The summed E-state index contributed by atoms with van der Waals surface area (Å²) in [6, 6.07) is 7.11. The monoisotopic (exact) mass is 272 g/mol. The van der Waals surface area contributed by atoms with Gasteiger partial charge in [0.25, 0.3) is 0 Å². The molecule has 0 bridgehead atoms. The van der Waals surface area contributed by atoms with Gasteiger partial charge in [0, 0.05) is 6.26 Å². The lowest BCUT2D eigenvalue weighted by Crippen LogP contribution is -2.09. The van der Waals surface area contributed by atoms with Crippen LogP contribution in [0.1, 0.15) is 31.9 Å². The summed E-state index contributed by atoms with van der Waals surface area (Å²) in [6.07, 6.45) is 0.644. The van der Waals surface area contributed by atoms with Gasteiger partial charge >= 0.3 is 0 Å². The fourth-order valence-corrected chi connectivity index (χ4v) is 2.21. The van der Waals surface area contributed by atoms with Crippen LogP contribution in [0.15, 0.2) is 24.3 Å². The molecule has 1 unspecified atom stereocenters. The van der Waals surface area contributed by atoms with Crippen molar-refractivity contribution in [3.8, 4) is 5.75 Å². The topological polar surface area (TPSA) is 63.6 Å². The molecule has 1 N–H and O–H groups in total. The summed E-state index contributed by atoms with van der Waals surface area (Å²) in [6.45, 7) is 3.85. The number of benzene rings is 1. The van der Waals surface area contributed by atoms with Crippen molar-refractivity contribution in [3.05, 3.63) is 29.8 Å². The molecule has 0 fully saturated rings. The number of hydrogen-bond acceptors (Lipinski definition) is 4. The van der Waals surface area contributed by atoms with E-state index in [9.17, 15) is 13.5 Å². The summed E-state index contributed by atoms with van der Waals surface area (Å²) < 4.78 is 27.6. The molecule has 4 nitrogen and oxygen atoms in total. The smallest absolute Gasteiger partial charge is 0.147 e. The Morgan fingerprint density at radius 3 is 2.56 bits per heavy atom. The van der Waals surface area contributed by atoms with E-state index in [2.05, 4.69) is 0 Å². The number of hydrogen-bond donors (Lipinski definition) is 1. The Hall–Kier alpha value is -1.07. The molecule has 1 aromatic rings. The Kier molecular flexibility index (Phi) is 5.16. The van der Waals surface area contributed by atoms with Gasteiger partial charge in [0.2, 0.25) is 0 Å². The van der Waals surface area contributed by atoms with Crippen LogP contribution in [0.5, 0.6) is 5.75 Å². The summed E-state index contributed by atoms with van der Waals surface area (Å²) in [7, 11) is -3.05. The molecule has 1 rings (SSSR count). The van der Waals surface area contributed by atoms with Gasteiger partial charge < -0.3 is 9.84 Å². The largest absolute Gasteiger partial charge is 0.491 e. The Morgan fingerprint density at radius 2 is 2.00 bits per heavy atom. The van der Waals surface area contributed by atoms with E-state index in [1.54, 1.807) is 18.2 Å². The van der Waals surface area contributed by atoms with E-state index in [1.807, 2.05) is 19.9 Å². The average Bonchev–Trinajstić information content (AvgIpc) is 2.24. The number of aliphatic hydroxyl groups is 1. The predicted octanol–water partition coefficient (Wildman–Crippen LogP) is 1.94. The summed E-state index contributed by atoms with van der Waals surface area (Å²) in [5, 5.41) is 9.92. The molecule has 0 aliphatic heterocycles. The molecule has 18 heavy (non-hydrogen) atoms. The van der Waals surface area contributed by atoms with Crippen molar-refractivity contribution in [3.63, 3.8) is 0 Å². The van der Waals surface area contributed by atoms with E-state index in [1.165, 1.54) is 0 Å². The van der Waals surface area contributed by atoms with Crippen LogP contribution < -0.4 is 4.74 Å². The summed E-state index contributed by atoms with van der Waals surface area (Å²) in [4.78, 5) is 0. The normalized spacial score (nSPS) is 13.6. The number of rotatable bonds is 6. The zero-order chi connectivity index (χ0) is 13.8. The highest BCUT2D eigenvalue weighted by Crippen LogP contribution is 2.22. The first kappa shape index (κ1) is 15.0. The van der Waals surface area contributed by atoms with Gasteiger partial charge in [-0.25, -0.2) is 8.42 Å². The van der Waals surface area contributed by atoms with Crippen molar-refractivity contribution in [1.82, 2.24) is 0 Å². The molecule has 1 atom stereocenters. The third-order valence-electron chi connectivity index (χ3n) is 2.38. The minimum atomic E-state index is -3.05. The number of ether oxygens (including phenoxy) is 1. The van der Waals surface area contributed by atoms with Crippen LogP contribution in [-0.2, 0) is 9.84 Å². The van der Waals surface area contributed by atoms with Gasteiger partial charge in [0.1, 0.15) is 15.6 Å². The van der Waals surface area contributed by atoms with Gasteiger partial charge in [-0.05, 0) is 38.0 Å². The molecule has 0 aliphatic rings. The van der Waals surface area contributed by atoms with Gasteiger partial charge in [-0.3, -0.25) is 0 Å². The van der Waals surface area contributed by atoms with E-state index in [-0.39, 0.29) is 18.3 Å². The highest BCUT2D eigenvalue weighted by Gasteiger charge is 2.12. The standard InChI is InChI=1S/C13H20O4S/c1-10(2)17-12-6-4-5-11(9-12)13(14)7-8-18(3,15)16/h4-6,9-10,13-14H,7-8H2,1-3H3. The van der Waals surface area contributed by atoms with Gasteiger partial charge in [-0.1, -0.05) is 12.1 Å². The van der Waals surface area contributed by atoms with Crippen LogP contribution in [0.25, 0.3) is 0 Å². The second-order valence-electron chi connectivity index (χ2n) is 4.67. The number of sulfone groups is 1. The van der Waals surface area contributed by atoms with Crippen LogP contribution in [0.4, 0.5) is 0 Å². The fourth-order valence-electron chi connectivity index (χ4n) is 1.56. The summed E-state index contributed by atoms with van der Waals surface area (Å²) in [5.41, 5.74) is 0.678. The molecule has 0 heterocycles. The molecule has 0 radical (unpaired) electrons. The molecule has 0 saturated carbocycles. The van der Waals surface area contributed by atoms with Crippen LogP contribution in [0.2, 0.25) is 0 Å². The van der Waals surface area contributed by atoms with Crippen molar-refractivity contribution < 1.29 is 18.3 Å². The van der Waals surface area contributed by atoms with Gasteiger partial charge in [0.05, 0.1) is 18.0 Å². The molecule has 0 aliphatic carbocycles. The first-order valence-electron chi connectivity index (χ1n) is 5.90. The maximum absolute atomic E-state index is 11.0. The van der Waals surface area contributed by atoms with Crippen molar-refractivity contribution in [2.45, 2.75) is 32.5 Å². The Morgan fingerprint density at radius 1 is 1.33 bits per heavy atom. The second-order valence-corrected chi connectivity index (χ2v) is 6.93. The van der Waals surface area contributed by atoms with Crippen molar-refractivity contribution in [1.29, 1.82) is 0 Å². The van der Waals surface area contributed by atoms with Crippen molar-refractivity contribution in [2.75, 3.05) is 12.0 Å². The third kappa shape index (κ3) is 5.51. The van der Waals surface area contributed by atoms with Crippen LogP contribution in [0.3, 0.4) is 0 Å². The SMILES string of the molecule is CC(C)Oc1cccc(C(O)CCS(C)(=O)=O)c1. The predicted molar refractivity (Wildman–Crippen MR) is 71.5 cm³/mol. The van der Waals surface area contributed by atoms with E-state index < -0.39 is 15.9 Å². The maximum Gasteiger partial charge on any atom is 0.147 e. The van der Waals surface area contributed by atoms with E-state index in [0.717, 1.165) is 6.26 Å². The van der Waals surface area contributed by atoms with E-state index >= 15 is 0 Å². The lowest BCUT2D eigenvalue weighted by molar-refractivity contribution is 0.173. The van der Waals surface area contributed by atoms with Gasteiger partial charge in [-0.2, -0.15) is 0 Å². The summed E-state index contributed by atoms with van der Waals surface area (Å²) in [5.74, 6) is 0.657. The van der Waals surface area contributed by atoms with E-state index in [4.69, 9.17) is 4.74 Å². The molecule has 0 amide bonds. The Balaban J connectivity index is 2.70. The molecular weight excluding hydrogens is 252 g/mol. The molecule has 0 spiro atoms. The molecule has 0 aromatic heterocycles. The third-order valence-corrected chi connectivity index (χ3v) is 3.35. The fraction of sp³-hybridized carbons (Fsp3) is 0.538. The molecule has 1 aromatic carbocycles. The first-order chi connectivity index (χ1) is 8.28. The van der Waals surface area contributed by atoms with Crippen molar-refractivity contribution >= 4 is 9.84 Å². The molecular formula is C13H20O4S. The zero-order valence-corrected chi connectivity index (χ0v) is 11.8.